The number of benzene rings is 1. The van der Waals surface area contributed by atoms with Gasteiger partial charge in [-0.05, 0) is 24.6 Å². The molecule has 0 spiro atoms. The van der Waals surface area contributed by atoms with E-state index < -0.39 is 0 Å². The van der Waals surface area contributed by atoms with Gasteiger partial charge in [-0.15, -0.1) is 11.3 Å². The smallest absolute Gasteiger partial charge is 0.150 e. The summed E-state index contributed by atoms with van der Waals surface area (Å²) >= 11 is 7.49. The van der Waals surface area contributed by atoms with Crippen molar-refractivity contribution >= 4 is 43.2 Å². The molecule has 3 rings (SSSR count). The van der Waals surface area contributed by atoms with Crippen LogP contribution in [0.1, 0.15) is 5.56 Å². The van der Waals surface area contributed by atoms with E-state index in [1.54, 1.807) is 0 Å². The molecule has 0 N–H and O–H groups in total. The van der Waals surface area contributed by atoms with E-state index in [2.05, 4.69) is 9.97 Å². The third-order valence-electron chi connectivity index (χ3n) is 2.46. The van der Waals surface area contributed by atoms with Crippen molar-refractivity contribution in [1.82, 2.24) is 9.97 Å². The third-order valence-corrected chi connectivity index (χ3v) is 4.19. The molecule has 2 nitrogen and oxygen atoms in total. The van der Waals surface area contributed by atoms with E-state index in [1.807, 2.05) is 6.92 Å². The summed E-state index contributed by atoms with van der Waals surface area (Å²) in [6, 6.07) is 3.00. The lowest BCUT2D eigenvalue weighted by atomic mass is 10.1. The largest absolute Gasteiger partial charge is 0.235 e. The quantitative estimate of drug-likeness (QED) is 0.566. The number of rotatable bonds is 0. The molecule has 80 valence electrons. The second-order valence-electron chi connectivity index (χ2n) is 3.54. The van der Waals surface area contributed by atoms with Gasteiger partial charge in [0.2, 0.25) is 0 Å². The Morgan fingerprint density at radius 2 is 2.06 bits per heavy atom. The van der Waals surface area contributed by atoms with Crippen molar-refractivity contribution in [2.24, 2.45) is 0 Å². The topological polar surface area (TPSA) is 25.8 Å². The normalized spacial score (nSPS) is 11.4. The highest BCUT2D eigenvalue weighted by Crippen LogP contribution is 2.37. The number of hydrogen-bond acceptors (Lipinski definition) is 3. The van der Waals surface area contributed by atoms with Gasteiger partial charge in [0, 0.05) is 10.1 Å². The molecule has 5 heteroatoms. The van der Waals surface area contributed by atoms with Crippen molar-refractivity contribution in [2.45, 2.75) is 6.92 Å². The van der Waals surface area contributed by atoms with Crippen LogP contribution >= 0.6 is 22.9 Å². The van der Waals surface area contributed by atoms with E-state index in [1.165, 1.54) is 29.8 Å². The molecule has 2 heterocycles. The molecule has 0 bridgehead atoms. The van der Waals surface area contributed by atoms with Crippen LogP contribution in [0.15, 0.2) is 18.5 Å². The van der Waals surface area contributed by atoms with E-state index in [0.717, 1.165) is 25.9 Å². The van der Waals surface area contributed by atoms with Crippen LogP contribution in [-0.2, 0) is 0 Å². The Labute approximate surface area is 99.7 Å². The fourth-order valence-electron chi connectivity index (χ4n) is 1.78. The summed E-state index contributed by atoms with van der Waals surface area (Å²) in [6.45, 7) is 1.88. The van der Waals surface area contributed by atoms with Gasteiger partial charge in [0.25, 0.3) is 0 Å². The van der Waals surface area contributed by atoms with E-state index in [9.17, 15) is 4.39 Å². The summed E-state index contributed by atoms with van der Waals surface area (Å²) in [6.07, 6.45) is 1.40. The zero-order valence-electron chi connectivity index (χ0n) is 8.29. The molecule has 0 unspecified atom stereocenters. The first-order chi connectivity index (χ1) is 7.66. The van der Waals surface area contributed by atoms with Gasteiger partial charge in [0.1, 0.15) is 17.3 Å². The third kappa shape index (κ3) is 1.30. The Morgan fingerprint density at radius 1 is 1.25 bits per heavy atom. The molecule has 1 aromatic carbocycles. The standard InChI is InChI=1S/C11H6ClFN2S/c1-5-2-6(13)3-7-8-10(16-9(5)7)11(12)15-4-14-8/h2-4H,1H3. The zero-order valence-corrected chi connectivity index (χ0v) is 9.86. The van der Waals surface area contributed by atoms with Crippen LogP contribution in [0.4, 0.5) is 4.39 Å². The Balaban J connectivity index is 2.61. The summed E-state index contributed by atoms with van der Waals surface area (Å²) in [5.41, 5.74) is 1.62. The van der Waals surface area contributed by atoms with Crippen molar-refractivity contribution in [1.29, 1.82) is 0 Å². The SMILES string of the molecule is Cc1cc(F)cc2c1sc1c(Cl)ncnc12. The van der Waals surface area contributed by atoms with Gasteiger partial charge in [-0.25, -0.2) is 14.4 Å². The summed E-state index contributed by atoms with van der Waals surface area (Å²) < 4.78 is 15.2. The lowest BCUT2D eigenvalue weighted by Crippen LogP contribution is -1.80. The molecule has 0 aliphatic heterocycles. The number of thiophene rings is 1. The highest BCUT2D eigenvalue weighted by molar-refractivity contribution is 7.26. The summed E-state index contributed by atoms with van der Waals surface area (Å²) in [5, 5.41) is 1.23. The maximum absolute atomic E-state index is 13.3. The highest BCUT2D eigenvalue weighted by atomic mass is 35.5. The lowest BCUT2D eigenvalue weighted by molar-refractivity contribution is 0.629. The predicted molar refractivity (Wildman–Crippen MR) is 64.6 cm³/mol. The summed E-state index contributed by atoms with van der Waals surface area (Å²) in [4.78, 5) is 8.09. The minimum Gasteiger partial charge on any atom is -0.235 e. The average molecular weight is 253 g/mol. The van der Waals surface area contributed by atoms with Crippen molar-refractivity contribution in [3.05, 3.63) is 35.0 Å². The predicted octanol–water partition coefficient (Wildman–Crippen LogP) is 3.95. The summed E-state index contributed by atoms with van der Waals surface area (Å²) in [5.74, 6) is -0.251. The Morgan fingerprint density at radius 3 is 2.88 bits per heavy atom. The van der Waals surface area contributed by atoms with Crippen LogP contribution in [-0.4, -0.2) is 9.97 Å². The van der Waals surface area contributed by atoms with Crippen LogP contribution < -0.4 is 0 Å². The first-order valence-electron chi connectivity index (χ1n) is 4.65. The molecule has 16 heavy (non-hydrogen) atoms. The first-order valence-corrected chi connectivity index (χ1v) is 5.85. The van der Waals surface area contributed by atoms with Gasteiger partial charge in [0.05, 0.1) is 10.2 Å². The minimum atomic E-state index is -0.251. The first kappa shape index (κ1) is 9.93. The van der Waals surface area contributed by atoms with E-state index in [0.29, 0.717) is 5.15 Å². The molecular formula is C11H6ClFN2S. The fraction of sp³-hybridized carbons (Fsp3) is 0.0909. The second kappa shape index (κ2) is 3.37. The van der Waals surface area contributed by atoms with E-state index in [4.69, 9.17) is 11.6 Å². The Hall–Kier alpha value is -1.26. The van der Waals surface area contributed by atoms with Crippen molar-refractivity contribution in [2.75, 3.05) is 0 Å². The van der Waals surface area contributed by atoms with Crippen LogP contribution in [0, 0.1) is 12.7 Å². The average Bonchev–Trinajstić information content (AvgIpc) is 2.59. The molecule has 0 atom stereocenters. The van der Waals surface area contributed by atoms with Gasteiger partial charge < -0.3 is 0 Å². The molecule has 0 aliphatic rings. The lowest BCUT2D eigenvalue weighted by Gasteiger charge is -1.95. The molecule has 0 aliphatic carbocycles. The van der Waals surface area contributed by atoms with E-state index in [-0.39, 0.29) is 5.82 Å². The second-order valence-corrected chi connectivity index (χ2v) is 4.92. The van der Waals surface area contributed by atoms with E-state index >= 15 is 0 Å². The van der Waals surface area contributed by atoms with Gasteiger partial charge in [0.15, 0.2) is 0 Å². The minimum absolute atomic E-state index is 0.251. The Bertz CT molecular complexity index is 708. The maximum Gasteiger partial charge on any atom is 0.150 e. The van der Waals surface area contributed by atoms with Crippen molar-refractivity contribution in [3.8, 4) is 0 Å². The fourth-order valence-corrected chi connectivity index (χ4v) is 3.11. The van der Waals surface area contributed by atoms with Gasteiger partial charge in [-0.3, -0.25) is 0 Å². The molecule has 0 saturated carbocycles. The Kier molecular flexibility index (Phi) is 2.09. The molecule has 0 radical (unpaired) electrons. The van der Waals surface area contributed by atoms with Crippen LogP contribution in [0.25, 0.3) is 20.3 Å². The highest BCUT2D eigenvalue weighted by Gasteiger charge is 2.12. The number of nitrogens with zero attached hydrogens (tertiary/aromatic N) is 2. The number of aromatic nitrogens is 2. The van der Waals surface area contributed by atoms with Crippen LogP contribution in [0.5, 0.6) is 0 Å². The van der Waals surface area contributed by atoms with Gasteiger partial charge in [-0.1, -0.05) is 11.6 Å². The molecule has 3 aromatic rings. The van der Waals surface area contributed by atoms with Crippen molar-refractivity contribution < 1.29 is 4.39 Å². The van der Waals surface area contributed by atoms with Crippen LogP contribution in [0.2, 0.25) is 5.15 Å². The molecule has 0 amide bonds. The maximum atomic E-state index is 13.3. The van der Waals surface area contributed by atoms with Crippen molar-refractivity contribution in [3.63, 3.8) is 0 Å². The molecule has 2 aromatic heterocycles. The zero-order chi connectivity index (χ0) is 11.3. The monoisotopic (exact) mass is 252 g/mol. The molecule has 0 saturated heterocycles. The van der Waals surface area contributed by atoms with Gasteiger partial charge >= 0.3 is 0 Å². The number of aryl methyl sites for hydroxylation is 1. The number of fused-ring (bicyclic) bond motifs is 3. The number of halogens is 2. The molecule has 0 fully saturated rings. The summed E-state index contributed by atoms with van der Waals surface area (Å²) in [7, 11) is 0. The number of hydrogen-bond donors (Lipinski definition) is 0. The van der Waals surface area contributed by atoms with Crippen LogP contribution in [0.3, 0.4) is 0 Å². The van der Waals surface area contributed by atoms with Gasteiger partial charge in [-0.2, -0.15) is 0 Å². The molecular weight excluding hydrogens is 247 g/mol.